The number of nitrogens with zero attached hydrogens (tertiary/aromatic N) is 1. The third kappa shape index (κ3) is 2.81. The maximum atomic E-state index is 14.5. The van der Waals surface area contributed by atoms with Crippen molar-refractivity contribution in [3.8, 4) is 11.3 Å². The molecule has 144 valence electrons. The molecule has 0 saturated heterocycles. The number of hydrogen-bond donors (Lipinski definition) is 0. The molecule has 0 aliphatic carbocycles. The molecule has 0 atom stereocenters. The molecule has 0 radical (unpaired) electrons. The van der Waals surface area contributed by atoms with E-state index in [0.29, 0.717) is 17.1 Å². The molecule has 2 aromatic heterocycles. The van der Waals surface area contributed by atoms with Crippen LogP contribution in [0.3, 0.4) is 0 Å². The maximum Gasteiger partial charge on any atom is 0.216 e. The SMILES string of the molecule is Cc1ccc2c(oc3c(C(C)C)c(F)ccc32)c1-c1cc(C(C)C)cc[n+]1C. The number of rotatable bonds is 3. The van der Waals surface area contributed by atoms with Gasteiger partial charge in [-0.25, -0.2) is 8.96 Å². The van der Waals surface area contributed by atoms with Crippen molar-refractivity contribution < 1.29 is 13.4 Å². The first kappa shape index (κ1) is 18.7. The van der Waals surface area contributed by atoms with Crippen molar-refractivity contribution in [3.05, 3.63) is 65.1 Å². The van der Waals surface area contributed by atoms with Gasteiger partial charge >= 0.3 is 0 Å². The normalized spacial score (nSPS) is 12.0. The van der Waals surface area contributed by atoms with Crippen LogP contribution in [0.25, 0.3) is 33.2 Å². The van der Waals surface area contributed by atoms with E-state index in [1.165, 1.54) is 5.56 Å². The predicted molar refractivity (Wildman–Crippen MR) is 113 cm³/mol. The Bertz CT molecular complexity index is 1200. The van der Waals surface area contributed by atoms with Crippen LogP contribution in [0.5, 0.6) is 0 Å². The lowest BCUT2D eigenvalue weighted by Gasteiger charge is -2.09. The molecule has 2 heterocycles. The summed E-state index contributed by atoms with van der Waals surface area (Å²) in [6.45, 7) is 10.5. The fourth-order valence-electron chi connectivity index (χ4n) is 4.05. The molecule has 28 heavy (non-hydrogen) atoms. The highest BCUT2D eigenvalue weighted by Crippen LogP contribution is 2.40. The van der Waals surface area contributed by atoms with Gasteiger partial charge in [0, 0.05) is 28.5 Å². The molecule has 0 amide bonds. The van der Waals surface area contributed by atoms with Crippen molar-refractivity contribution in [2.45, 2.75) is 46.5 Å². The van der Waals surface area contributed by atoms with Crippen LogP contribution in [0.2, 0.25) is 0 Å². The summed E-state index contributed by atoms with van der Waals surface area (Å²) in [6.07, 6.45) is 2.10. The molecule has 4 aromatic rings. The lowest BCUT2D eigenvalue weighted by Crippen LogP contribution is -2.31. The van der Waals surface area contributed by atoms with Gasteiger partial charge in [0.15, 0.2) is 6.20 Å². The fourth-order valence-corrected chi connectivity index (χ4v) is 4.05. The summed E-state index contributed by atoms with van der Waals surface area (Å²) in [4.78, 5) is 0. The molecule has 3 heteroatoms. The lowest BCUT2D eigenvalue weighted by atomic mass is 9.96. The second-order valence-electron chi connectivity index (χ2n) is 8.34. The maximum absolute atomic E-state index is 14.5. The van der Waals surface area contributed by atoms with E-state index in [0.717, 1.165) is 33.2 Å². The van der Waals surface area contributed by atoms with Gasteiger partial charge in [0.2, 0.25) is 5.69 Å². The van der Waals surface area contributed by atoms with E-state index in [-0.39, 0.29) is 11.7 Å². The zero-order valence-corrected chi connectivity index (χ0v) is 17.4. The van der Waals surface area contributed by atoms with E-state index in [4.69, 9.17) is 4.42 Å². The van der Waals surface area contributed by atoms with Crippen LogP contribution >= 0.6 is 0 Å². The number of aryl methyl sites for hydroxylation is 2. The summed E-state index contributed by atoms with van der Waals surface area (Å²) in [7, 11) is 2.06. The highest BCUT2D eigenvalue weighted by molar-refractivity contribution is 6.10. The van der Waals surface area contributed by atoms with Gasteiger partial charge in [-0.05, 0) is 42.0 Å². The van der Waals surface area contributed by atoms with Crippen molar-refractivity contribution in [2.24, 2.45) is 7.05 Å². The Balaban J connectivity index is 2.12. The Hall–Kier alpha value is -2.68. The van der Waals surface area contributed by atoms with Gasteiger partial charge in [-0.1, -0.05) is 39.8 Å². The molecular weight excluding hydrogens is 349 g/mol. The van der Waals surface area contributed by atoms with Crippen LogP contribution in [0, 0.1) is 12.7 Å². The van der Waals surface area contributed by atoms with Crippen molar-refractivity contribution in [2.75, 3.05) is 0 Å². The molecule has 0 aliphatic rings. The minimum Gasteiger partial charge on any atom is -0.455 e. The van der Waals surface area contributed by atoms with Crippen LogP contribution in [-0.2, 0) is 7.05 Å². The van der Waals surface area contributed by atoms with Gasteiger partial charge in [-0.15, -0.1) is 0 Å². The topological polar surface area (TPSA) is 17.0 Å². The number of aromatic nitrogens is 1. The first-order valence-corrected chi connectivity index (χ1v) is 9.93. The standard InChI is InChI=1S/C25H27FNO/c1-14(2)17-11-12-27(6)21(13-17)23-16(5)7-8-18-19-9-10-20(26)22(15(3)4)24(19)28-25(18)23/h7-15H,1-6H3/q+1. The molecular formula is C25H27FNO+. The lowest BCUT2D eigenvalue weighted by molar-refractivity contribution is -0.660. The van der Waals surface area contributed by atoms with Gasteiger partial charge in [-0.3, -0.25) is 0 Å². The number of furan rings is 1. The zero-order chi connectivity index (χ0) is 20.2. The number of hydrogen-bond acceptors (Lipinski definition) is 1. The van der Waals surface area contributed by atoms with Crippen LogP contribution < -0.4 is 4.57 Å². The van der Waals surface area contributed by atoms with Crippen molar-refractivity contribution in [3.63, 3.8) is 0 Å². The first-order valence-electron chi connectivity index (χ1n) is 9.93. The van der Waals surface area contributed by atoms with Gasteiger partial charge in [0.05, 0.1) is 5.56 Å². The van der Waals surface area contributed by atoms with E-state index in [1.807, 2.05) is 19.9 Å². The summed E-state index contributed by atoms with van der Waals surface area (Å²) in [6, 6.07) is 12.0. The molecule has 0 aliphatic heterocycles. The van der Waals surface area contributed by atoms with Crippen LogP contribution in [0.15, 0.2) is 47.0 Å². The summed E-state index contributed by atoms with van der Waals surface area (Å²) >= 11 is 0. The number of fused-ring (bicyclic) bond motifs is 3. The van der Waals surface area contributed by atoms with Crippen molar-refractivity contribution in [1.82, 2.24) is 0 Å². The summed E-state index contributed by atoms with van der Waals surface area (Å²) in [5.74, 6) is 0.290. The zero-order valence-electron chi connectivity index (χ0n) is 17.4. The molecule has 0 N–H and O–H groups in total. The quantitative estimate of drug-likeness (QED) is 0.361. The molecule has 2 nitrogen and oxygen atoms in total. The smallest absolute Gasteiger partial charge is 0.216 e. The summed E-state index contributed by atoms with van der Waals surface area (Å²) in [5.41, 5.74) is 6.77. The van der Waals surface area contributed by atoms with Gasteiger partial charge in [0.1, 0.15) is 24.0 Å². The Labute approximate surface area is 165 Å². The average molecular weight is 376 g/mol. The number of pyridine rings is 1. The van der Waals surface area contributed by atoms with E-state index in [1.54, 1.807) is 6.07 Å². The van der Waals surface area contributed by atoms with Crippen molar-refractivity contribution in [1.29, 1.82) is 0 Å². The molecule has 0 fully saturated rings. The predicted octanol–water partition coefficient (Wildman–Crippen LogP) is 6.77. The average Bonchev–Trinajstić information content (AvgIpc) is 2.99. The third-order valence-corrected chi connectivity index (χ3v) is 5.68. The Morgan fingerprint density at radius 1 is 0.893 bits per heavy atom. The molecule has 0 bridgehead atoms. The molecule has 0 spiro atoms. The third-order valence-electron chi connectivity index (χ3n) is 5.68. The molecule has 0 saturated carbocycles. The second-order valence-corrected chi connectivity index (χ2v) is 8.34. The van der Waals surface area contributed by atoms with Crippen LogP contribution in [0.4, 0.5) is 4.39 Å². The Morgan fingerprint density at radius 3 is 2.25 bits per heavy atom. The highest BCUT2D eigenvalue weighted by Gasteiger charge is 2.24. The summed E-state index contributed by atoms with van der Waals surface area (Å²) < 4.78 is 23.1. The molecule has 2 aromatic carbocycles. The van der Waals surface area contributed by atoms with Crippen LogP contribution in [-0.4, -0.2) is 0 Å². The monoisotopic (exact) mass is 376 g/mol. The van der Waals surface area contributed by atoms with E-state index >= 15 is 0 Å². The van der Waals surface area contributed by atoms with E-state index in [9.17, 15) is 4.39 Å². The van der Waals surface area contributed by atoms with Gasteiger partial charge in [-0.2, -0.15) is 0 Å². The van der Waals surface area contributed by atoms with E-state index < -0.39 is 0 Å². The van der Waals surface area contributed by atoms with Gasteiger partial charge in [0.25, 0.3) is 0 Å². The minimum atomic E-state index is -0.202. The van der Waals surface area contributed by atoms with Gasteiger partial charge < -0.3 is 4.42 Å². The fraction of sp³-hybridized carbons (Fsp3) is 0.320. The Morgan fingerprint density at radius 2 is 1.57 bits per heavy atom. The van der Waals surface area contributed by atoms with E-state index in [2.05, 4.69) is 62.8 Å². The first-order chi connectivity index (χ1) is 13.3. The Kier molecular flexibility index (Phi) is 4.49. The van der Waals surface area contributed by atoms with Crippen molar-refractivity contribution >= 4 is 21.9 Å². The second kappa shape index (κ2) is 6.73. The largest absolute Gasteiger partial charge is 0.455 e. The molecule has 0 unspecified atom stereocenters. The summed E-state index contributed by atoms with van der Waals surface area (Å²) in [5, 5.41) is 2.01. The van der Waals surface area contributed by atoms with Crippen LogP contribution in [0.1, 0.15) is 56.2 Å². The minimum absolute atomic E-state index is 0.0502. The molecule has 4 rings (SSSR count). The number of halogens is 1. The highest BCUT2D eigenvalue weighted by atomic mass is 19.1. The number of benzene rings is 2.